The van der Waals surface area contributed by atoms with Gasteiger partial charge in [0, 0.05) is 8.83 Å². The Morgan fingerprint density at radius 2 is 1.50 bits per heavy atom. The number of nitrogens with zero attached hydrogens (tertiary/aromatic N) is 1. The first-order chi connectivity index (χ1) is 9.57. The predicted octanol–water partition coefficient (Wildman–Crippen LogP) is 3.63. The minimum Gasteiger partial charge on any atom is -0.204 e. The molecule has 0 aliphatic heterocycles. The van der Waals surface area contributed by atoms with Gasteiger partial charge in [0.1, 0.15) is 0 Å². The van der Waals surface area contributed by atoms with Crippen LogP contribution >= 0.6 is 10.7 Å². The molecule has 1 unspecified atom stereocenters. The van der Waals surface area contributed by atoms with E-state index in [-0.39, 0.29) is 8.83 Å². The highest BCUT2D eigenvalue weighted by Crippen LogP contribution is 2.35. The van der Waals surface area contributed by atoms with E-state index < -0.39 is 20.7 Å². The van der Waals surface area contributed by atoms with Crippen LogP contribution in [0.1, 0.15) is 6.92 Å². The monoisotopic (exact) mass is 311 g/mol. The summed E-state index contributed by atoms with van der Waals surface area (Å²) in [5.74, 6) is 0. The molecule has 2 aromatic rings. The molecular formula is C14H14FNO2S2. The first-order valence-electron chi connectivity index (χ1n) is 5.91. The number of rotatable bonds is 4. The highest BCUT2D eigenvalue weighted by atomic mass is 32.3. The maximum atomic E-state index is 14.4. The van der Waals surface area contributed by atoms with E-state index in [1.165, 1.54) is 17.5 Å². The van der Waals surface area contributed by atoms with Crippen molar-refractivity contribution < 1.29 is 12.9 Å². The molecule has 3 nitrogen and oxygen atoms in total. The molecule has 6 heteroatoms. The van der Waals surface area contributed by atoms with Crippen molar-refractivity contribution in [1.82, 2.24) is 3.93 Å². The zero-order valence-corrected chi connectivity index (χ0v) is 12.4. The van der Waals surface area contributed by atoms with Crippen molar-refractivity contribution in [2.24, 2.45) is 0 Å². The molecule has 0 N–H and O–H groups in total. The Hall–Kier alpha value is -1.50. The van der Waals surface area contributed by atoms with Gasteiger partial charge >= 0.3 is 0 Å². The fourth-order valence-corrected chi connectivity index (χ4v) is 4.97. The molecule has 2 aromatic carbocycles. The Balaban J connectivity index is 2.43. The van der Waals surface area contributed by atoms with Crippen molar-refractivity contribution in [3.63, 3.8) is 0 Å². The molecule has 0 aliphatic rings. The number of hydrogen-bond acceptors (Lipinski definition) is 2. The number of hydrogen-bond donors (Lipinski definition) is 0. The molecule has 106 valence electrons. The average molecular weight is 311 g/mol. The average Bonchev–Trinajstić information content (AvgIpc) is 2.50. The molecule has 20 heavy (non-hydrogen) atoms. The first-order valence-corrected chi connectivity index (χ1v) is 8.60. The lowest BCUT2D eigenvalue weighted by atomic mass is 10.4. The van der Waals surface area contributed by atoms with Gasteiger partial charge < -0.3 is 0 Å². The van der Waals surface area contributed by atoms with E-state index in [2.05, 4.69) is 0 Å². The third-order valence-corrected chi connectivity index (χ3v) is 6.42. The molecule has 1 atom stereocenters. The van der Waals surface area contributed by atoms with Gasteiger partial charge in [-0.1, -0.05) is 36.4 Å². The van der Waals surface area contributed by atoms with Gasteiger partial charge in [0.15, 0.2) is 0 Å². The van der Waals surface area contributed by atoms with Crippen LogP contribution in [0.25, 0.3) is 0 Å². The van der Waals surface area contributed by atoms with Crippen LogP contribution < -0.4 is 0 Å². The van der Waals surface area contributed by atoms with Crippen LogP contribution in [0.2, 0.25) is 0 Å². The summed E-state index contributed by atoms with van der Waals surface area (Å²) in [6.07, 6.45) is 0. The van der Waals surface area contributed by atoms with E-state index in [1.807, 2.05) is 0 Å². The van der Waals surface area contributed by atoms with Crippen molar-refractivity contribution >= 4 is 26.1 Å². The maximum absolute atomic E-state index is 14.4. The van der Waals surface area contributed by atoms with Crippen LogP contribution in [0, 0.1) is 0 Å². The van der Waals surface area contributed by atoms with E-state index >= 15 is 0 Å². The van der Waals surface area contributed by atoms with E-state index in [1.54, 1.807) is 55.5 Å². The molecule has 2 rings (SSSR count). The lowest BCUT2D eigenvalue weighted by molar-refractivity contribution is 0.274. The number of halogens is 1. The van der Waals surface area contributed by atoms with Crippen molar-refractivity contribution in [2.45, 2.75) is 16.7 Å². The molecule has 0 aromatic heterocycles. The van der Waals surface area contributed by atoms with Gasteiger partial charge in [0.2, 0.25) is 0 Å². The molecule has 0 saturated carbocycles. The Morgan fingerprint density at radius 3 is 2.00 bits per heavy atom. The highest BCUT2D eigenvalue weighted by Gasteiger charge is 2.27. The van der Waals surface area contributed by atoms with Crippen molar-refractivity contribution in [3.05, 3.63) is 60.7 Å². The van der Waals surface area contributed by atoms with E-state index in [9.17, 15) is 12.9 Å². The third-order valence-electron chi connectivity index (χ3n) is 2.59. The first kappa shape index (κ1) is 14.9. The second-order valence-corrected chi connectivity index (χ2v) is 7.73. The molecule has 0 radical (unpaired) electrons. The smallest absolute Gasteiger partial charge is 0.204 e. The molecule has 0 spiro atoms. The zero-order valence-electron chi connectivity index (χ0n) is 10.8. The molecule has 0 bridgehead atoms. The van der Waals surface area contributed by atoms with Gasteiger partial charge in [0.05, 0.1) is 4.90 Å². The second-order valence-electron chi connectivity index (χ2n) is 3.86. The van der Waals surface area contributed by atoms with Gasteiger partial charge in [-0.3, -0.25) is 0 Å². The van der Waals surface area contributed by atoms with Crippen molar-refractivity contribution in [1.29, 1.82) is 0 Å². The van der Waals surface area contributed by atoms with Gasteiger partial charge in [-0.25, -0.2) is 8.42 Å². The zero-order chi connectivity index (χ0) is 14.6. The maximum Gasteiger partial charge on any atom is 0.278 e. The third kappa shape index (κ3) is 2.98. The fourth-order valence-electron chi connectivity index (χ4n) is 1.64. The highest BCUT2D eigenvalue weighted by molar-refractivity contribution is 8.19. The van der Waals surface area contributed by atoms with E-state index in [4.69, 9.17) is 0 Å². The fraction of sp³-hybridized carbons (Fsp3) is 0.0714. The number of benzene rings is 2. The minimum atomic E-state index is -4.15. The molecule has 0 amide bonds. The SMILES string of the molecule is C/C=S(\c1ccccc1)N(F)S(=O)(=O)c1ccccc1. The Kier molecular flexibility index (Phi) is 4.69. The summed E-state index contributed by atoms with van der Waals surface area (Å²) in [6.45, 7) is 1.64. The number of sulfonamides is 1. The minimum absolute atomic E-state index is 0.0576. The van der Waals surface area contributed by atoms with Crippen LogP contribution in [-0.2, 0) is 10.0 Å². The Morgan fingerprint density at radius 1 is 1.00 bits per heavy atom. The summed E-state index contributed by atoms with van der Waals surface area (Å²) in [5.41, 5.74) is 0. The van der Waals surface area contributed by atoms with Crippen LogP contribution in [0.5, 0.6) is 0 Å². The molecule has 0 aliphatic carbocycles. The van der Waals surface area contributed by atoms with Crippen molar-refractivity contribution in [3.8, 4) is 0 Å². The van der Waals surface area contributed by atoms with Crippen LogP contribution in [-0.4, -0.2) is 17.7 Å². The van der Waals surface area contributed by atoms with E-state index in [0.717, 1.165) is 0 Å². The topological polar surface area (TPSA) is 37.4 Å². The normalized spacial score (nSPS) is 13.6. The summed E-state index contributed by atoms with van der Waals surface area (Å²) in [7, 11) is -5.41. The summed E-state index contributed by atoms with van der Waals surface area (Å²) in [4.78, 5) is 0.551. The summed E-state index contributed by atoms with van der Waals surface area (Å²) >= 11 is 0. The Labute approximate surface area is 120 Å². The molecule has 0 heterocycles. The largest absolute Gasteiger partial charge is 0.278 e. The van der Waals surface area contributed by atoms with Gasteiger partial charge in [-0.2, -0.15) is 0 Å². The quantitative estimate of drug-likeness (QED) is 0.639. The van der Waals surface area contributed by atoms with Gasteiger partial charge in [-0.05, 0) is 47.2 Å². The lowest BCUT2D eigenvalue weighted by Crippen LogP contribution is -2.18. The van der Waals surface area contributed by atoms with Gasteiger partial charge in [-0.15, -0.1) is 4.48 Å². The van der Waals surface area contributed by atoms with Crippen LogP contribution in [0.3, 0.4) is 0 Å². The summed E-state index contributed by atoms with van der Waals surface area (Å²) < 4.78 is 38.9. The van der Waals surface area contributed by atoms with Crippen LogP contribution in [0.4, 0.5) is 4.48 Å². The lowest BCUT2D eigenvalue weighted by Gasteiger charge is -2.17. The van der Waals surface area contributed by atoms with E-state index in [0.29, 0.717) is 4.90 Å². The molecule has 0 saturated heterocycles. The van der Waals surface area contributed by atoms with Gasteiger partial charge in [0.25, 0.3) is 10.0 Å². The second kappa shape index (κ2) is 6.30. The standard InChI is InChI=1S/C14H14FNO2S2/c1-2-19(13-9-5-3-6-10-13)16(15)20(17,18)14-11-7-4-8-12-14/h2-12H,1H3. The van der Waals surface area contributed by atoms with Crippen LogP contribution in [0.15, 0.2) is 70.5 Å². The summed E-state index contributed by atoms with van der Waals surface area (Å²) in [5, 5.41) is 1.54. The predicted molar refractivity (Wildman–Crippen MR) is 80.6 cm³/mol. The molecule has 0 fully saturated rings. The van der Waals surface area contributed by atoms with Crippen molar-refractivity contribution in [2.75, 3.05) is 0 Å². The molecular weight excluding hydrogens is 297 g/mol. The summed E-state index contributed by atoms with van der Waals surface area (Å²) in [6, 6.07) is 16.3. The Bertz CT molecular complexity index is 700.